The average Bonchev–Trinajstić information content (AvgIpc) is 2.38. The van der Waals surface area contributed by atoms with Crippen LogP contribution in [0.15, 0.2) is 46.5 Å². The molecule has 0 aliphatic rings. The Hall–Kier alpha value is -1.24. The van der Waals surface area contributed by atoms with E-state index in [1.165, 1.54) is 17.8 Å². The van der Waals surface area contributed by atoms with Crippen molar-refractivity contribution in [1.82, 2.24) is 4.98 Å². The predicted molar refractivity (Wildman–Crippen MR) is 70.7 cm³/mol. The normalized spacial score (nSPS) is 11.7. The van der Waals surface area contributed by atoms with Crippen LogP contribution in [0.25, 0.3) is 0 Å². The van der Waals surface area contributed by atoms with Crippen molar-refractivity contribution in [2.45, 2.75) is 22.7 Å². The second kappa shape index (κ2) is 6.03. The average molecular weight is 320 g/mol. The van der Waals surface area contributed by atoms with Crippen molar-refractivity contribution >= 4 is 23.4 Å². The van der Waals surface area contributed by atoms with Gasteiger partial charge in [0.25, 0.3) is 0 Å². The molecule has 0 saturated carbocycles. The smallest absolute Gasteiger partial charge is 0.392 e. The minimum absolute atomic E-state index is 0.164. The Labute approximate surface area is 122 Å². The fraction of sp³-hybridized carbons (Fsp3) is 0.154. The predicted octanol–water partition coefficient (Wildman–Crippen LogP) is 4.40. The maximum atomic E-state index is 12.4. The molecular weight excluding hydrogens is 311 g/mol. The molecule has 0 atom stereocenters. The number of rotatable bonds is 3. The SMILES string of the molecule is OCc1ccc(Sc2ccc(C(F)(F)F)cn2)cc1Cl. The Bertz CT molecular complexity index is 602. The first kappa shape index (κ1) is 15.2. The van der Waals surface area contributed by atoms with Crippen LogP contribution in [0.4, 0.5) is 13.2 Å². The largest absolute Gasteiger partial charge is 0.417 e. The van der Waals surface area contributed by atoms with Gasteiger partial charge in [0.15, 0.2) is 0 Å². The van der Waals surface area contributed by atoms with Gasteiger partial charge in [-0.3, -0.25) is 0 Å². The van der Waals surface area contributed by atoms with E-state index in [0.717, 1.165) is 17.2 Å². The van der Waals surface area contributed by atoms with Gasteiger partial charge in [-0.25, -0.2) is 4.98 Å². The Morgan fingerprint density at radius 3 is 2.45 bits per heavy atom. The summed E-state index contributed by atoms with van der Waals surface area (Å²) in [5.74, 6) is 0. The summed E-state index contributed by atoms with van der Waals surface area (Å²) in [5, 5.41) is 9.84. The van der Waals surface area contributed by atoms with E-state index < -0.39 is 11.7 Å². The van der Waals surface area contributed by atoms with Crippen molar-refractivity contribution < 1.29 is 18.3 Å². The van der Waals surface area contributed by atoms with Gasteiger partial charge in [-0.2, -0.15) is 13.2 Å². The van der Waals surface area contributed by atoms with Crippen LogP contribution in [0.3, 0.4) is 0 Å². The first-order valence-electron chi connectivity index (χ1n) is 5.50. The molecule has 1 N–H and O–H groups in total. The molecule has 2 rings (SSSR count). The number of hydrogen-bond acceptors (Lipinski definition) is 3. The van der Waals surface area contributed by atoms with Gasteiger partial charge in [-0.1, -0.05) is 29.4 Å². The maximum Gasteiger partial charge on any atom is 0.417 e. The standard InChI is InChI=1S/C13H9ClF3NOS/c14-11-5-10(3-1-8(11)7-19)20-12-4-2-9(6-18-12)13(15,16)17/h1-6,19H,7H2. The summed E-state index contributed by atoms with van der Waals surface area (Å²) in [4.78, 5) is 4.50. The van der Waals surface area contributed by atoms with E-state index in [1.54, 1.807) is 18.2 Å². The highest BCUT2D eigenvalue weighted by atomic mass is 35.5. The molecule has 1 heterocycles. The number of nitrogens with zero attached hydrogens (tertiary/aromatic N) is 1. The van der Waals surface area contributed by atoms with E-state index in [0.29, 0.717) is 15.6 Å². The van der Waals surface area contributed by atoms with Crippen LogP contribution in [-0.2, 0) is 12.8 Å². The van der Waals surface area contributed by atoms with Crippen molar-refractivity contribution in [1.29, 1.82) is 0 Å². The van der Waals surface area contributed by atoms with Crippen LogP contribution in [0.1, 0.15) is 11.1 Å². The van der Waals surface area contributed by atoms with Crippen LogP contribution in [-0.4, -0.2) is 10.1 Å². The fourth-order valence-electron chi connectivity index (χ4n) is 1.45. The Morgan fingerprint density at radius 2 is 1.95 bits per heavy atom. The third-order valence-electron chi connectivity index (χ3n) is 2.48. The molecule has 7 heteroatoms. The molecule has 0 spiro atoms. The molecule has 0 aliphatic heterocycles. The van der Waals surface area contributed by atoms with E-state index in [4.69, 9.17) is 16.7 Å². The van der Waals surface area contributed by atoms with Gasteiger partial charge < -0.3 is 5.11 Å². The highest BCUT2D eigenvalue weighted by Crippen LogP contribution is 2.32. The molecule has 0 saturated heterocycles. The molecule has 0 unspecified atom stereocenters. The Kier molecular flexibility index (Phi) is 4.57. The Morgan fingerprint density at radius 1 is 1.20 bits per heavy atom. The van der Waals surface area contributed by atoms with E-state index in [1.807, 2.05) is 0 Å². The molecule has 2 nitrogen and oxygen atoms in total. The highest BCUT2D eigenvalue weighted by Gasteiger charge is 2.30. The molecule has 0 radical (unpaired) electrons. The zero-order valence-corrected chi connectivity index (χ0v) is 11.6. The first-order valence-corrected chi connectivity index (χ1v) is 6.70. The van der Waals surface area contributed by atoms with E-state index >= 15 is 0 Å². The van der Waals surface area contributed by atoms with E-state index in [-0.39, 0.29) is 6.61 Å². The number of aromatic nitrogens is 1. The highest BCUT2D eigenvalue weighted by molar-refractivity contribution is 7.99. The summed E-state index contributed by atoms with van der Waals surface area (Å²) in [7, 11) is 0. The van der Waals surface area contributed by atoms with Crippen LogP contribution in [0.2, 0.25) is 5.02 Å². The van der Waals surface area contributed by atoms with Gasteiger partial charge in [0.1, 0.15) is 5.03 Å². The molecule has 20 heavy (non-hydrogen) atoms. The van der Waals surface area contributed by atoms with Gasteiger partial charge in [0.05, 0.1) is 12.2 Å². The second-order valence-corrected chi connectivity index (χ2v) is 5.40. The quantitative estimate of drug-likeness (QED) is 0.910. The minimum Gasteiger partial charge on any atom is -0.392 e. The summed E-state index contributed by atoms with van der Waals surface area (Å²) in [6, 6.07) is 7.31. The lowest BCUT2D eigenvalue weighted by molar-refractivity contribution is -0.137. The number of pyridine rings is 1. The molecular formula is C13H9ClF3NOS. The number of halogens is 4. The van der Waals surface area contributed by atoms with Crippen molar-refractivity contribution in [3.05, 3.63) is 52.7 Å². The lowest BCUT2D eigenvalue weighted by atomic mass is 10.2. The number of alkyl halides is 3. The van der Waals surface area contributed by atoms with Crippen molar-refractivity contribution in [3.8, 4) is 0 Å². The molecule has 0 fully saturated rings. The molecule has 1 aromatic heterocycles. The summed E-state index contributed by atoms with van der Waals surface area (Å²) < 4.78 is 37.2. The number of benzene rings is 1. The summed E-state index contributed by atoms with van der Waals surface area (Å²) in [5.41, 5.74) is -0.188. The van der Waals surface area contributed by atoms with Crippen molar-refractivity contribution in [3.63, 3.8) is 0 Å². The van der Waals surface area contributed by atoms with Crippen molar-refractivity contribution in [2.24, 2.45) is 0 Å². The van der Waals surface area contributed by atoms with Gasteiger partial charge >= 0.3 is 6.18 Å². The lowest BCUT2D eigenvalue weighted by Gasteiger charge is -2.07. The summed E-state index contributed by atoms with van der Waals surface area (Å²) in [6.45, 7) is -0.164. The van der Waals surface area contributed by atoms with Crippen LogP contribution < -0.4 is 0 Å². The molecule has 1 aromatic carbocycles. The molecule has 2 aromatic rings. The van der Waals surface area contributed by atoms with Crippen LogP contribution in [0.5, 0.6) is 0 Å². The van der Waals surface area contributed by atoms with E-state index in [2.05, 4.69) is 4.98 Å². The topological polar surface area (TPSA) is 33.1 Å². The minimum atomic E-state index is -4.39. The third-order valence-corrected chi connectivity index (χ3v) is 3.77. The molecule has 0 amide bonds. The first-order chi connectivity index (χ1) is 9.40. The molecule has 0 aliphatic carbocycles. The third kappa shape index (κ3) is 3.65. The second-order valence-electron chi connectivity index (χ2n) is 3.90. The van der Waals surface area contributed by atoms with Gasteiger partial charge in [0, 0.05) is 16.1 Å². The monoisotopic (exact) mass is 319 g/mol. The number of aliphatic hydroxyl groups excluding tert-OH is 1. The number of hydrogen-bond donors (Lipinski definition) is 1. The van der Waals surface area contributed by atoms with E-state index in [9.17, 15) is 13.2 Å². The number of aliphatic hydroxyl groups is 1. The summed E-state index contributed by atoms with van der Waals surface area (Å²) in [6.07, 6.45) is -3.59. The van der Waals surface area contributed by atoms with Crippen LogP contribution in [0, 0.1) is 0 Å². The van der Waals surface area contributed by atoms with Gasteiger partial charge in [-0.05, 0) is 29.8 Å². The fourth-order valence-corrected chi connectivity index (χ4v) is 2.55. The maximum absolute atomic E-state index is 12.4. The van der Waals surface area contributed by atoms with Gasteiger partial charge in [-0.15, -0.1) is 0 Å². The molecule has 106 valence electrons. The molecule has 0 bridgehead atoms. The van der Waals surface area contributed by atoms with Crippen LogP contribution >= 0.6 is 23.4 Å². The Balaban J connectivity index is 2.16. The lowest BCUT2D eigenvalue weighted by Crippen LogP contribution is -2.04. The zero-order valence-electron chi connectivity index (χ0n) is 9.99. The van der Waals surface area contributed by atoms with Crippen molar-refractivity contribution in [2.75, 3.05) is 0 Å². The van der Waals surface area contributed by atoms with Gasteiger partial charge in [0.2, 0.25) is 0 Å². The zero-order chi connectivity index (χ0) is 14.8. The summed E-state index contributed by atoms with van der Waals surface area (Å²) >= 11 is 7.13.